The van der Waals surface area contributed by atoms with E-state index in [2.05, 4.69) is 147 Å². The summed E-state index contributed by atoms with van der Waals surface area (Å²) in [5.41, 5.74) is 12.3. The maximum absolute atomic E-state index is 16.3. The van der Waals surface area contributed by atoms with Gasteiger partial charge in [0.2, 0.25) is 0 Å². The molecule has 16 rings (SSSR count). The Bertz CT molecular complexity index is 4740. The van der Waals surface area contributed by atoms with Gasteiger partial charge in [-0.2, -0.15) is 13.2 Å². The van der Waals surface area contributed by atoms with E-state index in [1.807, 2.05) is 127 Å². The highest BCUT2D eigenvalue weighted by atomic mass is 19.4. The van der Waals surface area contributed by atoms with Gasteiger partial charge in [0.15, 0.2) is 11.6 Å². The smallest absolute Gasteiger partial charge is 0.309 e. The quantitative estimate of drug-likeness (QED) is 0.144. The maximum atomic E-state index is 16.3. The van der Waals surface area contributed by atoms with Crippen LogP contribution in [0.2, 0.25) is 0 Å². The predicted octanol–water partition coefficient (Wildman–Crippen LogP) is 19.6. The molecular formula is C75H46F3N7. The highest BCUT2D eigenvalue weighted by Gasteiger charge is 2.35. The standard InChI is InChI=1S/C75H46F3N7/c76-75(77,78)51-41-60(65-46-64(49-25-9-3-10-26-49)79-73(82-65)50-27-11-4-12-28-50)72(61(42-51)74-80-62(47-21-5-1-6-22-47)45-63(81-74)48-23-7-2-8-24-48)85-70-39-37-52(83-66-33-17-13-29-54(66)55-30-14-18-34-67(55)83)43-58(70)59-44-53(38-40-71(59)85)84-68-35-19-15-31-56(68)57-32-16-20-36-69(57)84/h1-46H. The van der Waals surface area contributed by atoms with Crippen LogP contribution in [0, 0.1) is 0 Å². The van der Waals surface area contributed by atoms with Crippen LogP contribution in [0.25, 0.3) is 150 Å². The molecule has 10 heteroatoms. The van der Waals surface area contributed by atoms with Crippen LogP contribution in [0.4, 0.5) is 13.2 Å². The molecule has 0 aliphatic heterocycles. The summed E-state index contributed by atoms with van der Waals surface area (Å²) in [5.74, 6) is 0.450. The molecule has 0 bridgehead atoms. The van der Waals surface area contributed by atoms with Crippen molar-refractivity contribution in [2.75, 3.05) is 0 Å². The van der Waals surface area contributed by atoms with Crippen LogP contribution in [0.1, 0.15) is 5.56 Å². The van der Waals surface area contributed by atoms with E-state index in [-0.39, 0.29) is 22.6 Å². The highest BCUT2D eigenvalue weighted by molar-refractivity contribution is 6.15. The first-order valence-corrected chi connectivity index (χ1v) is 28.1. The van der Waals surface area contributed by atoms with Crippen molar-refractivity contribution in [1.29, 1.82) is 0 Å². The van der Waals surface area contributed by atoms with Gasteiger partial charge in [-0.05, 0) is 84.9 Å². The largest absolute Gasteiger partial charge is 0.416 e. The zero-order valence-electron chi connectivity index (χ0n) is 45.3. The van der Waals surface area contributed by atoms with E-state index in [9.17, 15) is 0 Å². The van der Waals surface area contributed by atoms with Crippen LogP contribution in [-0.2, 0) is 6.18 Å². The van der Waals surface area contributed by atoms with Crippen LogP contribution in [0.5, 0.6) is 0 Å². The normalized spacial score (nSPS) is 11.9. The van der Waals surface area contributed by atoms with Crippen molar-refractivity contribution in [3.05, 3.63) is 285 Å². The fraction of sp³-hybridized carbons (Fsp3) is 0.0133. The Morgan fingerprint density at radius 2 is 0.588 bits per heavy atom. The number of nitrogens with zero attached hydrogens (tertiary/aromatic N) is 7. The lowest BCUT2D eigenvalue weighted by molar-refractivity contribution is -0.137. The minimum absolute atomic E-state index is 0.0991. The van der Waals surface area contributed by atoms with Crippen molar-refractivity contribution in [2.45, 2.75) is 6.18 Å². The second kappa shape index (κ2) is 19.7. The van der Waals surface area contributed by atoms with Gasteiger partial charge in [0.25, 0.3) is 0 Å². The fourth-order valence-corrected chi connectivity index (χ4v) is 12.5. The molecule has 5 heterocycles. The number of hydrogen-bond donors (Lipinski definition) is 0. The maximum Gasteiger partial charge on any atom is 0.416 e. The van der Waals surface area contributed by atoms with Gasteiger partial charge in [-0.25, -0.2) is 19.9 Å². The van der Waals surface area contributed by atoms with Crippen LogP contribution < -0.4 is 0 Å². The SMILES string of the molecule is FC(F)(F)c1cc(-c2cc(-c3ccccc3)nc(-c3ccccc3)n2)c(-n2c3ccc(-n4c5ccccc5c5ccccc54)cc3c3cc(-n4c5ccccc5c5ccccc54)ccc32)c(-c2nc(-c3ccccc3)cc(-c3ccccc3)n2)c1. The molecule has 11 aromatic carbocycles. The summed E-state index contributed by atoms with van der Waals surface area (Å²) in [6, 6.07) is 91.3. The van der Waals surface area contributed by atoms with E-state index in [4.69, 9.17) is 19.9 Å². The third-order valence-electron chi connectivity index (χ3n) is 16.3. The third kappa shape index (κ3) is 8.36. The van der Waals surface area contributed by atoms with Gasteiger partial charge in [-0.15, -0.1) is 0 Å². The summed E-state index contributed by atoms with van der Waals surface area (Å²) in [6.45, 7) is 0. The molecule has 0 radical (unpaired) electrons. The molecule has 5 aromatic heterocycles. The van der Waals surface area contributed by atoms with Crippen LogP contribution >= 0.6 is 0 Å². The molecule has 0 saturated heterocycles. The van der Waals surface area contributed by atoms with Gasteiger partial charge in [0, 0.05) is 77.1 Å². The average molecular weight is 1100 g/mol. The van der Waals surface area contributed by atoms with Gasteiger partial charge < -0.3 is 13.7 Å². The number of halogens is 3. The Balaban J connectivity index is 1.07. The first kappa shape index (κ1) is 49.6. The lowest BCUT2D eigenvalue weighted by Crippen LogP contribution is -2.11. The molecule has 0 amide bonds. The summed E-state index contributed by atoms with van der Waals surface area (Å²) in [5, 5.41) is 6.22. The molecule has 85 heavy (non-hydrogen) atoms. The van der Waals surface area contributed by atoms with Crippen molar-refractivity contribution in [2.24, 2.45) is 0 Å². The number of rotatable bonds is 9. The van der Waals surface area contributed by atoms with Crippen molar-refractivity contribution in [1.82, 2.24) is 33.6 Å². The Hall–Kier alpha value is -11.2. The summed E-state index contributed by atoms with van der Waals surface area (Å²) < 4.78 is 55.5. The topological polar surface area (TPSA) is 66.3 Å². The zero-order valence-corrected chi connectivity index (χ0v) is 45.3. The zero-order chi connectivity index (χ0) is 56.8. The van der Waals surface area contributed by atoms with E-state index < -0.39 is 11.7 Å². The summed E-state index contributed by atoms with van der Waals surface area (Å²) in [7, 11) is 0. The molecule has 0 spiro atoms. The lowest BCUT2D eigenvalue weighted by atomic mass is 9.96. The van der Waals surface area contributed by atoms with Crippen LogP contribution in [0.3, 0.4) is 0 Å². The Morgan fingerprint density at radius 3 is 1.00 bits per heavy atom. The number of para-hydroxylation sites is 4. The molecule has 402 valence electrons. The van der Waals surface area contributed by atoms with Gasteiger partial charge in [-0.1, -0.05) is 194 Å². The molecule has 7 nitrogen and oxygen atoms in total. The molecule has 0 saturated carbocycles. The minimum atomic E-state index is -4.83. The minimum Gasteiger partial charge on any atom is -0.309 e. The molecule has 0 atom stereocenters. The van der Waals surface area contributed by atoms with Crippen molar-refractivity contribution >= 4 is 65.4 Å². The van der Waals surface area contributed by atoms with Gasteiger partial charge in [-0.3, -0.25) is 0 Å². The monoisotopic (exact) mass is 1100 g/mol. The number of aromatic nitrogens is 7. The van der Waals surface area contributed by atoms with Gasteiger partial charge >= 0.3 is 6.18 Å². The van der Waals surface area contributed by atoms with Crippen molar-refractivity contribution in [3.63, 3.8) is 0 Å². The van der Waals surface area contributed by atoms with Crippen LogP contribution in [-0.4, -0.2) is 33.6 Å². The van der Waals surface area contributed by atoms with Gasteiger partial charge in [0.05, 0.1) is 67.1 Å². The second-order valence-electron chi connectivity index (χ2n) is 21.3. The number of fused-ring (bicyclic) bond motifs is 9. The Labute approximate surface area is 485 Å². The van der Waals surface area contributed by atoms with E-state index in [1.54, 1.807) is 6.07 Å². The van der Waals surface area contributed by atoms with E-state index >= 15 is 13.2 Å². The first-order valence-electron chi connectivity index (χ1n) is 28.1. The molecule has 0 unspecified atom stereocenters. The van der Waals surface area contributed by atoms with E-state index in [1.165, 1.54) is 12.1 Å². The fourth-order valence-electron chi connectivity index (χ4n) is 12.5. The number of hydrogen-bond acceptors (Lipinski definition) is 4. The highest BCUT2D eigenvalue weighted by Crippen LogP contribution is 2.47. The third-order valence-corrected chi connectivity index (χ3v) is 16.3. The summed E-state index contributed by atoms with van der Waals surface area (Å²) >= 11 is 0. The molecular weight excluding hydrogens is 1060 g/mol. The van der Waals surface area contributed by atoms with Crippen molar-refractivity contribution < 1.29 is 13.2 Å². The summed E-state index contributed by atoms with van der Waals surface area (Å²) in [4.78, 5) is 21.0. The Morgan fingerprint density at radius 1 is 0.259 bits per heavy atom. The number of alkyl halides is 3. The van der Waals surface area contributed by atoms with Crippen LogP contribution in [0.15, 0.2) is 279 Å². The number of benzene rings is 11. The van der Waals surface area contributed by atoms with Gasteiger partial charge in [0.1, 0.15) is 0 Å². The lowest BCUT2D eigenvalue weighted by Gasteiger charge is -2.22. The summed E-state index contributed by atoms with van der Waals surface area (Å²) in [6.07, 6.45) is -4.83. The van der Waals surface area contributed by atoms with Crippen molar-refractivity contribution in [3.8, 4) is 84.9 Å². The second-order valence-corrected chi connectivity index (χ2v) is 21.3. The predicted molar refractivity (Wildman–Crippen MR) is 338 cm³/mol. The molecule has 0 aliphatic rings. The average Bonchev–Trinajstić information content (AvgIpc) is 1.91. The molecule has 0 aliphatic carbocycles. The van der Waals surface area contributed by atoms with E-state index in [0.29, 0.717) is 34.2 Å². The molecule has 0 N–H and O–H groups in total. The molecule has 16 aromatic rings. The molecule has 0 fully saturated rings. The van der Waals surface area contributed by atoms with E-state index in [0.717, 1.165) is 93.5 Å². The first-order chi connectivity index (χ1) is 41.8. The Kier molecular flexibility index (Phi) is 11.5.